The first-order valence-corrected chi connectivity index (χ1v) is 21.0. The summed E-state index contributed by atoms with van der Waals surface area (Å²) in [4.78, 5) is 19.5. The molecule has 2 saturated carbocycles. The van der Waals surface area contributed by atoms with Gasteiger partial charge in [0.2, 0.25) is 17.8 Å². The van der Waals surface area contributed by atoms with Crippen LogP contribution in [0, 0.1) is 57.3 Å². The van der Waals surface area contributed by atoms with Crippen molar-refractivity contribution in [3.8, 4) is 39.5 Å². The van der Waals surface area contributed by atoms with Gasteiger partial charge in [-0.05, 0) is 125 Å². The Kier molecular flexibility index (Phi) is 14.8. The molecule has 3 aromatic heterocycles. The second-order valence-corrected chi connectivity index (χ2v) is 16.5. The van der Waals surface area contributed by atoms with Gasteiger partial charge in [0, 0.05) is 28.3 Å². The second-order valence-electron chi connectivity index (χ2n) is 16.5. The van der Waals surface area contributed by atoms with Crippen molar-refractivity contribution < 1.29 is 18.3 Å². The fourth-order valence-corrected chi connectivity index (χ4v) is 7.54. The molecule has 8 heteroatoms. The van der Waals surface area contributed by atoms with Gasteiger partial charge in [0.25, 0.3) is 0 Å². The highest BCUT2D eigenvalue weighted by atomic mass is 19.1. The predicted molar refractivity (Wildman–Crippen MR) is 233 cm³/mol. The first kappa shape index (κ1) is 43.0. The lowest BCUT2D eigenvalue weighted by Crippen LogP contribution is -2.25. The van der Waals surface area contributed by atoms with E-state index < -0.39 is 5.95 Å². The predicted octanol–water partition coefficient (Wildman–Crippen LogP) is 13.2. The third-order valence-electron chi connectivity index (χ3n) is 11.7. The SMILES string of the molecule is Cc1ccc(-c2ccc(-c3ccc(C)nn3)cc2)cc1.Cc1ccc(-c2ccc(C3CCC(C)CC3)cc2)nc1F.Cc1ccc(OC(=O)C2CCC(C)CC2)nc1F. The minimum Gasteiger partial charge on any atom is -0.407 e. The van der Waals surface area contributed by atoms with Crippen LogP contribution in [0.2, 0.25) is 0 Å². The highest BCUT2D eigenvalue weighted by Gasteiger charge is 2.26. The maximum absolute atomic E-state index is 13.6. The van der Waals surface area contributed by atoms with Crippen LogP contribution in [0.25, 0.3) is 33.6 Å². The van der Waals surface area contributed by atoms with Crippen LogP contribution in [0.15, 0.2) is 109 Å². The van der Waals surface area contributed by atoms with E-state index in [-0.39, 0.29) is 23.7 Å². The molecule has 6 aromatic rings. The summed E-state index contributed by atoms with van der Waals surface area (Å²) >= 11 is 0. The standard InChI is InChI=1S/C19H22FN.C18H16N2.C14H18FNO2/c1-13-3-6-15(7-4-13)16-8-10-17(11-9-16)18-12-5-14(2)19(20)21-18;1-13-3-6-15(7-4-13)16-8-10-17(11-9-16)18-12-5-14(2)19-20-18;1-9-3-6-11(7-4-9)14(17)18-12-8-5-10(2)13(15)16-12/h5,8-13,15H,3-4,6-7H2,1-2H3;3-12H,1-2H3;5,8-9,11H,3-4,6-7H2,1-2H3. The molecule has 3 aromatic carbocycles. The molecule has 0 aliphatic heterocycles. The molecule has 0 amide bonds. The molecule has 0 saturated heterocycles. The first-order chi connectivity index (χ1) is 28.4. The molecule has 2 aliphatic carbocycles. The van der Waals surface area contributed by atoms with Crippen molar-refractivity contribution in [1.82, 2.24) is 20.2 Å². The number of hydrogen-bond donors (Lipinski definition) is 0. The van der Waals surface area contributed by atoms with E-state index in [1.165, 1.54) is 54.0 Å². The molecule has 0 N–H and O–H groups in total. The third-order valence-corrected chi connectivity index (χ3v) is 11.7. The van der Waals surface area contributed by atoms with Crippen molar-refractivity contribution in [2.75, 3.05) is 0 Å². The first-order valence-electron chi connectivity index (χ1n) is 21.0. The van der Waals surface area contributed by atoms with Crippen molar-refractivity contribution in [1.29, 1.82) is 0 Å². The Morgan fingerprint density at radius 3 is 1.58 bits per heavy atom. The molecule has 2 fully saturated rings. The largest absolute Gasteiger partial charge is 0.407 e. The highest BCUT2D eigenvalue weighted by molar-refractivity contribution is 5.74. The smallest absolute Gasteiger partial charge is 0.315 e. The summed E-state index contributed by atoms with van der Waals surface area (Å²) in [7, 11) is 0. The van der Waals surface area contributed by atoms with Crippen LogP contribution in [0.5, 0.6) is 5.88 Å². The van der Waals surface area contributed by atoms with E-state index in [0.717, 1.165) is 54.1 Å². The van der Waals surface area contributed by atoms with Crippen LogP contribution in [0.3, 0.4) is 0 Å². The van der Waals surface area contributed by atoms with Gasteiger partial charge >= 0.3 is 5.97 Å². The third kappa shape index (κ3) is 12.2. The number of carbonyl (C=O) groups is 1. The van der Waals surface area contributed by atoms with E-state index in [0.29, 0.717) is 28.7 Å². The fraction of sp³-hybridized carbons (Fsp3) is 0.353. The van der Waals surface area contributed by atoms with Gasteiger partial charge in [-0.25, -0.2) is 4.98 Å². The highest BCUT2D eigenvalue weighted by Crippen LogP contribution is 2.36. The lowest BCUT2D eigenvalue weighted by Gasteiger charge is -2.26. The van der Waals surface area contributed by atoms with Crippen molar-refractivity contribution in [2.45, 2.75) is 98.8 Å². The molecule has 8 rings (SSSR count). The molecule has 6 nitrogen and oxygen atoms in total. The van der Waals surface area contributed by atoms with E-state index in [1.54, 1.807) is 26.0 Å². The topological polar surface area (TPSA) is 77.9 Å². The zero-order valence-corrected chi connectivity index (χ0v) is 35.2. The van der Waals surface area contributed by atoms with Gasteiger partial charge in [0.15, 0.2) is 0 Å². The van der Waals surface area contributed by atoms with Gasteiger partial charge in [-0.3, -0.25) is 4.79 Å². The summed E-state index contributed by atoms with van der Waals surface area (Å²) in [5.74, 6) is 1.00. The molecule has 0 unspecified atom stereocenters. The van der Waals surface area contributed by atoms with E-state index >= 15 is 0 Å². The summed E-state index contributed by atoms with van der Waals surface area (Å²) in [5.41, 5.74) is 10.8. The Morgan fingerprint density at radius 1 is 0.525 bits per heavy atom. The Morgan fingerprint density at radius 2 is 1.02 bits per heavy atom. The fourth-order valence-electron chi connectivity index (χ4n) is 7.54. The molecule has 2 aliphatic rings. The Labute approximate surface area is 348 Å². The number of carbonyl (C=O) groups excluding carboxylic acids is 1. The van der Waals surface area contributed by atoms with Crippen LogP contribution < -0.4 is 4.74 Å². The zero-order valence-electron chi connectivity index (χ0n) is 35.2. The van der Waals surface area contributed by atoms with Gasteiger partial charge in [-0.1, -0.05) is 111 Å². The van der Waals surface area contributed by atoms with E-state index in [4.69, 9.17) is 4.74 Å². The van der Waals surface area contributed by atoms with Gasteiger partial charge in [-0.2, -0.15) is 24.0 Å². The number of nitrogens with zero attached hydrogens (tertiary/aromatic N) is 4. The molecule has 0 bridgehead atoms. The number of esters is 1. The summed E-state index contributed by atoms with van der Waals surface area (Å²) in [5, 5.41) is 8.31. The number of pyridine rings is 2. The summed E-state index contributed by atoms with van der Waals surface area (Å²) in [6, 6.07) is 36.3. The minimum absolute atomic E-state index is 0.0571. The lowest BCUT2D eigenvalue weighted by atomic mass is 9.79. The van der Waals surface area contributed by atoms with Crippen molar-refractivity contribution in [3.05, 3.63) is 149 Å². The Bertz CT molecular complexity index is 2200. The number of benzene rings is 3. The van der Waals surface area contributed by atoms with E-state index in [1.807, 2.05) is 25.1 Å². The number of halogens is 2. The number of aryl methyl sites for hydroxylation is 4. The minimum atomic E-state index is -0.586. The number of ether oxygens (including phenoxy) is 1. The molecule has 0 spiro atoms. The quantitative estimate of drug-likeness (QED) is 0.123. The summed E-state index contributed by atoms with van der Waals surface area (Å²) in [6.07, 6.45) is 9.05. The summed E-state index contributed by atoms with van der Waals surface area (Å²) in [6.45, 7) is 11.9. The average molecular weight is 795 g/mol. The number of hydrogen-bond acceptors (Lipinski definition) is 6. The lowest BCUT2D eigenvalue weighted by molar-refractivity contribution is -0.140. The molecule has 0 radical (unpaired) electrons. The molecule has 59 heavy (non-hydrogen) atoms. The monoisotopic (exact) mass is 794 g/mol. The van der Waals surface area contributed by atoms with Gasteiger partial charge < -0.3 is 4.74 Å². The number of rotatable bonds is 6. The van der Waals surface area contributed by atoms with Crippen molar-refractivity contribution in [2.24, 2.45) is 17.8 Å². The van der Waals surface area contributed by atoms with E-state index in [2.05, 4.69) is 114 Å². The average Bonchev–Trinajstić information content (AvgIpc) is 3.25. The van der Waals surface area contributed by atoms with Gasteiger partial charge in [0.05, 0.1) is 23.0 Å². The molecular weight excluding hydrogens is 739 g/mol. The van der Waals surface area contributed by atoms with E-state index in [9.17, 15) is 13.6 Å². The second kappa shape index (κ2) is 20.4. The molecule has 0 atom stereocenters. The Balaban J connectivity index is 0.000000149. The van der Waals surface area contributed by atoms with Gasteiger partial charge in [-0.15, -0.1) is 0 Å². The molecule has 3 heterocycles. The van der Waals surface area contributed by atoms with Crippen LogP contribution in [-0.2, 0) is 4.79 Å². The number of aromatic nitrogens is 4. The Hall–Kier alpha value is -5.63. The van der Waals surface area contributed by atoms with Crippen LogP contribution >= 0.6 is 0 Å². The molecular formula is C51H56F2N4O2. The van der Waals surface area contributed by atoms with Crippen molar-refractivity contribution in [3.63, 3.8) is 0 Å². The van der Waals surface area contributed by atoms with Crippen LogP contribution in [0.4, 0.5) is 8.78 Å². The molecule has 306 valence electrons. The van der Waals surface area contributed by atoms with Crippen LogP contribution in [0.1, 0.15) is 99.1 Å². The maximum Gasteiger partial charge on any atom is 0.315 e. The maximum atomic E-state index is 13.6. The normalized spacial score (nSPS) is 18.7. The summed E-state index contributed by atoms with van der Waals surface area (Å²) < 4.78 is 31.9. The van der Waals surface area contributed by atoms with Gasteiger partial charge in [0.1, 0.15) is 0 Å². The van der Waals surface area contributed by atoms with Crippen LogP contribution in [-0.4, -0.2) is 26.1 Å². The van der Waals surface area contributed by atoms with Crippen molar-refractivity contribution >= 4 is 5.97 Å². The zero-order chi connectivity index (χ0) is 41.9.